The Bertz CT molecular complexity index is 1020. The summed E-state index contributed by atoms with van der Waals surface area (Å²) in [6.45, 7) is 0.525. The van der Waals surface area contributed by atoms with Crippen molar-refractivity contribution in [2.24, 2.45) is 0 Å². The smallest absolute Gasteiger partial charge is 0.246 e. The van der Waals surface area contributed by atoms with E-state index in [0.29, 0.717) is 40.8 Å². The minimum atomic E-state index is 0.190. The molecule has 0 unspecified atom stereocenters. The molecule has 4 rings (SSSR count). The van der Waals surface area contributed by atoms with Gasteiger partial charge >= 0.3 is 0 Å². The highest BCUT2D eigenvalue weighted by Gasteiger charge is 2.10. The van der Waals surface area contributed by atoms with Crippen molar-refractivity contribution < 1.29 is 18.6 Å². The fourth-order valence-corrected chi connectivity index (χ4v) is 2.46. The van der Waals surface area contributed by atoms with Crippen LogP contribution in [-0.4, -0.2) is 28.9 Å². The number of pyridine rings is 2. The maximum atomic E-state index is 5.81. The molecule has 7 heteroatoms. The third kappa shape index (κ3) is 4.04. The van der Waals surface area contributed by atoms with Gasteiger partial charge in [0.25, 0.3) is 0 Å². The van der Waals surface area contributed by atoms with Gasteiger partial charge in [-0.1, -0.05) is 6.07 Å². The molecule has 0 spiro atoms. The van der Waals surface area contributed by atoms with Crippen LogP contribution >= 0.6 is 0 Å². The summed E-state index contributed by atoms with van der Waals surface area (Å²) in [4.78, 5) is 13.0. The monoisotopic (exact) mass is 363 g/mol. The Balaban J connectivity index is 1.45. The van der Waals surface area contributed by atoms with Crippen molar-refractivity contribution in [1.29, 1.82) is 0 Å². The summed E-state index contributed by atoms with van der Waals surface area (Å²) in [7, 11) is 1.57. The minimum absolute atomic E-state index is 0.190. The number of fused-ring (bicyclic) bond motifs is 1. The van der Waals surface area contributed by atoms with E-state index in [-0.39, 0.29) is 6.79 Å². The first-order chi connectivity index (χ1) is 13.3. The van der Waals surface area contributed by atoms with Crippen LogP contribution in [-0.2, 0) is 11.3 Å². The van der Waals surface area contributed by atoms with Gasteiger partial charge in [0.15, 0.2) is 12.4 Å². The van der Waals surface area contributed by atoms with Crippen molar-refractivity contribution in [3.05, 3.63) is 66.6 Å². The van der Waals surface area contributed by atoms with E-state index in [4.69, 9.17) is 18.6 Å². The minimum Gasteiger partial charge on any atom is -0.487 e. The Kier molecular flexibility index (Phi) is 4.93. The van der Waals surface area contributed by atoms with Crippen LogP contribution in [0.4, 0.5) is 0 Å². The molecule has 0 fully saturated rings. The Hall–Kier alpha value is -3.45. The lowest BCUT2D eigenvalue weighted by Gasteiger charge is -2.07. The molecule has 0 aliphatic rings. The fourth-order valence-electron chi connectivity index (χ4n) is 2.46. The average Bonchev–Trinajstić information content (AvgIpc) is 3.15. The van der Waals surface area contributed by atoms with E-state index in [1.165, 1.54) is 0 Å². The van der Waals surface area contributed by atoms with E-state index < -0.39 is 0 Å². The van der Waals surface area contributed by atoms with Crippen molar-refractivity contribution in [1.82, 2.24) is 15.0 Å². The fraction of sp³-hybridized carbons (Fsp3) is 0.150. The molecular weight excluding hydrogens is 346 g/mol. The molecular formula is C20H17N3O4. The number of methoxy groups -OCH3 is 1. The summed E-state index contributed by atoms with van der Waals surface area (Å²) < 4.78 is 21.7. The highest BCUT2D eigenvalue weighted by molar-refractivity contribution is 5.77. The average molecular weight is 363 g/mol. The standard InChI is InChI=1S/C20H17N3O4/c1-24-13-26-16-6-5-14(22-11-16)12-25-15-7-8-19-18(10-15)23-20(27-19)17-4-2-3-9-21-17/h2-11H,12-13H2,1H3. The van der Waals surface area contributed by atoms with Gasteiger partial charge < -0.3 is 18.6 Å². The molecule has 1 aromatic carbocycles. The molecule has 0 saturated carbocycles. The van der Waals surface area contributed by atoms with Crippen molar-refractivity contribution >= 4 is 11.1 Å². The molecule has 0 N–H and O–H groups in total. The van der Waals surface area contributed by atoms with Gasteiger partial charge in [-0.2, -0.15) is 0 Å². The van der Waals surface area contributed by atoms with Gasteiger partial charge in [0.2, 0.25) is 5.89 Å². The number of nitrogens with zero attached hydrogens (tertiary/aromatic N) is 3. The van der Waals surface area contributed by atoms with Crippen LogP contribution in [0.25, 0.3) is 22.7 Å². The number of rotatable bonds is 7. The molecule has 0 aliphatic carbocycles. The van der Waals surface area contributed by atoms with Gasteiger partial charge in [-0.05, 0) is 36.4 Å². The second kappa shape index (κ2) is 7.84. The molecule has 0 atom stereocenters. The van der Waals surface area contributed by atoms with E-state index in [2.05, 4.69) is 15.0 Å². The second-order valence-electron chi connectivity index (χ2n) is 5.69. The van der Waals surface area contributed by atoms with Crippen LogP contribution in [0.3, 0.4) is 0 Å². The van der Waals surface area contributed by atoms with Crippen LogP contribution in [0.15, 0.2) is 65.3 Å². The lowest BCUT2D eigenvalue weighted by molar-refractivity contribution is 0.0508. The van der Waals surface area contributed by atoms with Gasteiger partial charge in [-0.3, -0.25) is 9.97 Å². The predicted octanol–water partition coefficient (Wildman–Crippen LogP) is 3.85. The van der Waals surface area contributed by atoms with Crippen molar-refractivity contribution in [2.45, 2.75) is 6.61 Å². The largest absolute Gasteiger partial charge is 0.487 e. The zero-order chi connectivity index (χ0) is 18.5. The van der Waals surface area contributed by atoms with Gasteiger partial charge in [-0.15, -0.1) is 0 Å². The number of hydrogen-bond donors (Lipinski definition) is 0. The van der Waals surface area contributed by atoms with Crippen LogP contribution in [0.2, 0.25) is 0 Å². The Morgan fingerprint density at radius 2 is 1.89 bits per heavy atom. The van der Waals surface area contributed by atoms with Crippen molar-refractivity contribution in [2.75, 3.05) is 13.9 Å². The summed E-state index contributed by atoms with van der Waals surface area (Å²) in [6, 6.07) is 14.8. The molecule has 7 nitrogen and oxygen atoms in total. The first-order valence-electron chi connectivity index (χ1n) is 8.33. The predicted molar refractivity (Wildman–Crippen MR) is 98.3 cm³/mol. The van der Waals surface area contributed by atoms with E-state index in [1.807, 2.05) is 48.5 Å². The van der Waals surface area contributed by atoms with Crippen LogP contribution < -0.4 is 9.47 Å². The number of hydrogen-bond acceptors (Lipinski definition) is 7. The van der Waals surface area contributed by atoms with Crippen molar-refractivity contribution in [3.63, 3.8) is 0 Å². The first kappa shape index (κ1) is 17.0. The van der Waals surface area contributed by atoms with E-state index in [9.17, 15) is 0 Å². The summed E-state index contributed by atoms with van der Waals surface area (Å²) in [5, 5.41) is 0. The third-order valence-electron chi connectivity index (χ3n) is 3.77. The maximum Gasteiger partial charge on any atom is 0.246 e. The lowest BCUT2D eigenvalue weighted by atomic mass is 10.3. The first-order valence-corrected chi connectivity index (χ1v) is 8.33. The summed E-state index contributed by atoms with van der Waals surface area (Å²) in [5.74, 6) is 1.81. The molecule has 0 bridgehead atoms. The molecule has 3 heterocycles. The van der Waals surface area contributed by atoms with Crippen LogP contribution in [0.1, 0.15) is 5.69 Å². The molecule has 0 saturated heterocycles. The van der Waals surface area contributed by atoms with Crippen LogP contribution in [0.5, 0.6) is 11.5 Å². The van der Waals surface area contributed by atoms with Crippen molar-refractivity contribution in [3.8, 4) is 23.1 Å². The Morgan fingerprint density at radius 1 is 0.963 bits per heavy atom. The van der Waals surface area contributed by atoms with Gasteiger partial charge in [0, 0.05) is 19.4 Å². The Labute approximate surface area is 155 Å². The molecule has 136 valence electrons. The highest BCUT2D eigenvalue weighted by Crippen LogP contribution is 2.26. The molecule has 0 aliphatic heterocycles. The third-order valence-corrected chi connectivity index (χ3v) is 3.77. The molecule has 4 aromatic rings. The van der Waals surface area contributed by atoms with Gasteiger partial charge in [0.1, 0.15) is 29.3 Å². The maximum absolute atomic E-state index is 5.81. The van der Waals surface area contributed by atoms with E-state index in [1.54, 1.807) is 19.5 Å². The van der Waals surface area contributed by atoms with Crippen LogP contribution in [0, 0.1) is 0 Å². The zero-order valence-electron chi connectivity index (χ0n) is 14.7. The SMILES string of the molecule is COCOc1ccc(COc2ccc3oc(-c4ccccn4)nc3c2)nc1. The van der Waals surface area contributed by atoms with Gasteiger partial charge in [-0.25, -0.2) is 4.98 Å². The number of benzene rings is 1. The molecule has 0 amide bonds. The van der Waals surface area contributed by atoms with E-state index in [0.717, 1.165) is 5.69 Å². The number of ether oxygens (including phenoxy) is 3. The van der Waals surface area contributed by atoms with Gasteiger partial charge in [0.05, 0.1) is 11.9 Å². The summed E-state index contributed by atoms with van der Waals surface area (Å²) >= 11 is 0. The number of aromatic nitrogens is 3. The second-order valence-corrected chi connectivity index (χ2v) is 5.69. The normalized spacial score (nSPS) is 10.9. The number of oxazole rings is 1. The topological polar surface area (TPSA) is 79.5 Å². The molecule has 0 radical (unpaired) electrons. The van der Waals surface area contributed by atoms with E-state index >= 15 is 0 Å². The molecule has 3 aromatic heterocycles. The quantitative estimate of drug-likeness (QED) is 0.461. The molecule has 27 heavy (non-hydrogen) atoms. The zero-order valence-corrected chi connectivity index (χ0v) is 14.7. The lowest BCUT2D eigenvalue weighted by Crippen LogP contribution is -2.01. The Morgan fingerprint density at radius 3 is 2.67 bits per heavy atom. The summed E-state index contributed by atoms with van der Waals surface area (Å²) in [6.07, 6.45) is 3.34. The summed E-state index contributed by atoms with van der Waals surface area (Å²) in [5.41, 5.74) is 2.87. The highest BCUT2D eigenvalue weighted by atomic mass is 16.7.